The standard InChI is InChI=1S/C18H24N2O2S/c1-4-5-6-7-13(3)19-18(23)20-14-8-9-15-12(2)10-17(21)22-16(15)11-14/h8-11,13H,4-7H2,1-3H3,(H2,19,20,23)/t13-/m0/s1. The molecule has 2 N–H and O–H groups in total. The topological polar surface area (TPSA) is 54.3 Å². The first-order valence-electron chi connectivity index (χ1n) is 8.11. The number of nitrogens with one attached hydrogen (secondary N) is 2. The van der Waals surface area contributed by atoms with Crippen molar-refractivity contribution in [1.82, 2.24) is 5.32 Å². The molecule has 1 aromatic heterocycles. The van der Waals surface area contributed by atoms with Gasteiger partial charge in [0, 0.05) is 29.2 Å². The maximum absolute atomic E-state index is 11.5. The van der Waals surface area contributed by atoms with Gasteiger partial charge in [-0.2, -0.15) is 0 Å². The molecule has 0 amide bonds. The minimum Gasteiger partial charge on any atom is -0.423 e. The summed E-state index contributed by atoms with van der Waals surface area (Å²) < 4.78 is 5.25. The van der Waals surface area contributed by atoms with Gasteiger partial charge in [0.2, 0.25) is 0 Å². The van der Waals surface area contributed by atoms with Crippen LogP contribution in [0.1, 0.15) is 45.1 Å². The maximum atomic E-state index is 11.5. The summed E-state index contributed by atoms with van der Waals surface area (Å²) in [4.78, 5) is 11.5. The Kier molecular flexibility index (Phi) is 6.16. The Balaban J connectivity index is 2.01. The highest BCUT2D eigenvalue weighted by Gasteiger charge is 2.07. The first-order valence-corrected chi connectivity index (χ1v) is 8.52. The molecule has 23 heavy (non-hydrogen) atoms. The van der Waals surface area contributed by atoms with E-state index in [2.05, 4.69) is 24.5 Å². The Morgan fingerprint density at radius 1 is 1.30 bits per heavy atom. The Labute approximate surface area is 142 Å². The van der Waals surface area contributed by atoms with E-state index in [0.717, 1.165) is 23.1 Å². The van der Waals surface area contributed by atoms with Crippen LogP contribution in [0.15, 0.2) is 33.5 Å². The summed E-state index contributed by atoms with van der Waals surface area (Å²) in [5.41, 5.74) is 1.95. The number of hydrogen-bond donors (Lipinski definition) is 2. The Morgan fingerprint density at radius 2 is 2.09 bits per heavy atom. The molecule has 1 aromatic carbocycles. The van der Waals surface area contributed by atoms with E-state index >= 15 is 0 Å². The summed E-state index contributed by atoms with van der Waals surface area (Å²) >= 11 is 5.35. The molecular formula is C18H24N2O2S. The van der Waals surface area contributed by atoms with E-state index in [0.29, 0.717) is 16.7 Å². The summed E-state index contributed by atoms with van der Waals surface area (Å²) in [5, 5.41) is 7.96. The Morgan fingerprint density at radius 3 is 2.83 bits per heavy atom. The lowest BCUT2D eigenvalue weighted by molar-refractivity contribution is 0.556. The van der Waals surface area contributed by atoms with Gasteiger partial charge in [-0.05, 0) is 50.2 Å². The fourth-order valence-corrected chi connectivity index (χ4v) is 2.89. The molecule has 4 nitrogen and oxygen atoms in total. The average molecular weight is 332 g/mol. The maximum Gasteiger partial charge on any atom is 0.336 e. The van der Waals surface area contributed by atoms with Gasteiger partial charge in [-0.3, -0.25) is 0 Å². The zero-order valence-electron chi connectivity index (χ0n) is 13.9. The first kappa shape index (κ1) is 17.5. The van der Waals surface area contributed by atoms with E-state index in [-0.39, 0.29) is 5.63 Å². The third-order valence-electron chi connectivity index (χ3n) is 3.83. The Hall–Kier alpha value is -1.88. The number of fused-ring (bicyclic) bond motifs is 1. The second-order valence-electron chi connectivity index (χ2n) is 5.95. The summed E-state index contributed by atoms with van der Waals surface area (Å²) in [6.07, 6.45) is 4.77. The highest BCUT2D eigenvalue weighted by Crippen LogP contribution is 2.20. The largest absolute Gasteiger partial charge is 0.423 e. The van der Waals surface area contributed by atoms with Crippen molar-refractivity contribution in [1.29, 1.82) is 0 Å². The number of benzene rings is 1. The third-order valence-corrected chi connectivity index (χ3v) is 4.05. The van der Waals surface area contributed by atoms with E-state index in [4.69, 9.17) is 16.6 Å². The second-order valence-corrected chi connectivity index (χ2v) is 6.36. The molecule has 0 fully saturated rings. The predicted molar refractivity (Wildman–Crippen MR) is 100 cm³/mol. The molecule has 1 heterocycles. The molecule has 2 rings (SSSR count). The van der Waals surface area contributed by atoms with Crippen LogP contribution in [-0.2, 0) is 0 Å². The minimum absolute atomic E-state index is 0.335. The molecule has 0 saturated carbocycles. The molecule has 0 radical (unpaired) electrons. The summed E-state index contributed by atoms with van der Waals surface area (Å²) in [7, 11) is 0. The van der Waals surface area contributed by atoms with Crippen molar-refractivity contribution >= 4 is 34.0 Å². The molecule has 2 aromatic rings. The minimum atomic E-state index is -0.336. The number of rotatable bonds is 6. The molecule has 0 spiro atoms. The van der Waals surface area contributed by atoms with Crippen LogP contribution in [0.5, 0.6) is 0 Å². The summed E-state index contributed by atoms with van der Waals surface area (Å²) in [6.45, 7) is 6.23. The fourth-order valence-electron chi connectivity index (χ4n) is 2.57. The fraction of sp³-hybridized carbons (Fsp3) is 0.444. The lowest BCUT2D eigenvalue weighted by atomic mass is 10.1. The van der Waals surface area contributed by atoms with Gasteiger partial charge < -0.3 is 15.1 Å². The number of hydrogen-bond acceptors (Lipinski definition) is 3. The van der Waals surface area contributed by atoms with Crippen LogP contribution >= 0.6 is 12.2 Å². The van der Waals surface area contributed by atoms with Crippen molar-refractivity contribution in [3.05, 3.63) is 40.2 Å². The van der Waals surface area contributed by atoms with Gasteiger partial charge in [0.15, 0.2) is 5.11 Å². The van der Waals surface area contributed by atoms with Crippen LogP contribution in [0, 0.1) is 6.92 Å². The third kappa shape index (κ3) is 5.06. The quantitative estimate of drug-likeness (QED) is 0.468. The summed E-state index contributed by atoms with van der Waals surface area (Å²) in [5.74, 6) is 0. The van der Waals surface area contributed by atoms with E-state index in [9.17, 15) is 4.79 Å². The normalized spacial score (nSPS) is 12.1. The number of anilines is 1. The van der Waals surface area contributed by atoms with Gasteiger partial charge >= 0.3 is 5.63 Å². The summed E-state index contributed by atoms with van der Waals surface area (Å²) in [6, 6.07) is 7.51. The molecule has 5 heteroatoms. The van der Waals surface area contributed by atoms with Crippen LogP contribution in [-0.4, -0.2) is 11.2 Å². The van der Waals surface area contributed by atoms with E-state index in [1.165, 1.54) is 25.3 Å². The average Bonchev–Trinajstić information content (AvgIpc) is 2.46. The lowest BCUT2D eigenvalue weighted by Gasteiger charge is -2.17. The van der Waals surface area contributed by atoms with Gasteiger partial charge in [0.05, 0.1) is 0 Å². The molecule has 0 unspecified atom stereocenters. The molecule has 0 bridgehead atoms. The van der Waals surface area contributed by atoms with Crippen LogP contribution in [0.4, 0.5) is 5.69 Å². The number of aryl methyl sites for hydroxylation is 1. The number of unbranched alkanes of at least 4 members (excludes halogenated alkanes) is 2. The predicted octanol–water partition coefficient (Wildman–Crippen LogP) is 4.36. The highest BCUT2D eigenvalue weighted by molar-refractivity contribution is 7.80. The smallest absolute Gasteiger partial charge is 0.336 e. The van der Waals surface area contributed by atoms with Gasteiger partial charge in [-0.1, -0.05) is 26.2 Å². The first-order chi connectivity index (χ1) is 11.0. The van der Waals surface area contributed by atoms with Crippen molar-refractivity contribution in [3.8, 4) is 0 Å². The van der Waals surface area contributed by atoms with Crippen LogP contribution in [0.2, 0.25) is 0 Å². The SMILES string of the molecule is CCCCC[C@H](C)NC(=S)Nc1ccc2c(C)cc(=O)oc2c1. The molecule has 1 atom stereocenters. The molecule has 0 aliphatic carbocycles. The molecular weight excluding hydrogens is 308 g/mol. The Bertz CT molecular complexity index is 739. The van der Waals surface area contributed by atoms with E-state index < -0.39 is 0 Å². The highest BCUT2D eigenvalue weighted by atomic mass is 32.1. The van der Waals surface area contributed by atoms with E-state index in [1.807, 2.05) is 19.1 Å². The zero-order chi connectivity index (χ0) is 16.8. The van der Waals surface area contributed by atoms with Crippen LogP contribution in [0.3, 0.4) is 0 Å². The monoisotopic (exact) mass is 332 g/mol. The molecule has 0 saturated heterocycles. The van der Waals surface area contributed by atoms with Crippen molar-refractivity contribution in [2.24, 2.45) is 0 Å². The number of thiocarbonyl (C=S) groups is 1. The van der Waals surface area contributed by atoms with Crippen molar-refractivity contribution in [2.45, 2.75) is 52.5 Å². The van der Waals surface area contributed by atoms with Gasteiger partial charge in [0.1, 0.15) is 5.58 Å². The lowest BCUT2D eigenvalue weighted by Crippen LogP contribution is -2.35. The van der Waals surface area contributed by atoms with Gasteiger partial charge in [-0.25, -0.2) is 4.79 Å². The van der Waals surface area contributed by atoms with Crippen LogP contribution in [0.25, 0.3) is 11.0 Å². The van der Waals surface area contributed by atoms with E-state index in [1.54, 1.807) is 6.07 Å². The molecule has 0 aliphatic heterocycles. The van der Waals surface area contributed by atoms with Crippen molar-refractivity contribution < 1.29 is 4.42 Å². The van der Waals surface area contributed by atoms with Crippen LogP contribution < -0.4 is 16.3 Å². The molecule has 0 aliphatic rings. The van der Waals surface area contributed by atoms with Gasteiger partial charge in [0.25, 0.3) is 0 Å². The van der Waals surface area contributed by atoms with Gasteiger partial charge in [-0.15, -0.1) is 0 Å². The van der Waals surface area contributed by atoms with Crippen molar-refractivity contribution in [2.75, 3.05) is 5.32 Å². The van der Waals surface area contributed by atoms with Crippen molar-refractivity contribution in [3.63, 3.8) is 0 Å². The zero-order valence-corrected chi connectivity index (χ0v) is 14.8. The molecule has 124 valence electrons. The second kappa shape index (κ2) is 8.11.